The summed E-state index contributed by atoms with van der Waals surface area (Å²) in [4.78, 5) is 31.6. The van der Waals surface area contributed by atoms with Crippen LogP contribution < -0.4 is 5.32 Å². The van der Waals surface area contributed by atoms with E-state index in [9.17, 15) is 9.59 Å². The minimum absolute atomic E-state index is 0.0156. The number of fused-ring (bicyclic) bond motifs is 1. The van der Waals surface area contributed by atoms with Crippen molar-refractivity contribution in [3.05, 3.63) is 48.0 Å². The normalized spacial score (nSPS) is 15.2. The Morgan fingerprint density at radius 2 is 1.78 bits per heavy atom. The van der Waals surface area contributed by atoms with Gasteiger partial charge in [-0.15, -0.1) is 5.10 Å². The second-order valence-electron chi connectivity index (χ2n) is 8.52. The molecule has 1 saturated heterocycles. The zero-order valence-electron chi connectivity index (χ0n) is 18.4. The van der Waals surface area contributed by atoms with E-state index in [-0.39, 0.29) is 11.9 Å². The third kappa shape index (κ3) is 5.23. The van der Waals surface area contributed by atoms with Gasteiger partial charge >= 0.3 is 6.09 Å². The Labute approximate surface area is 186 Å². The fourth-order valence-electron chi connectivity index (χ4n) is 3.61. The molecule has 0 radical (unpaired) electrons. The zero-order valence-corrected chi connectivity index (χ0v) is 18.4. The quantitative estimate of drug-likeness (QED) is 0.636. The van der Waals surface area contributed by atoms with Crippen LogP contribution in [0.5, 0.6) is 0 Å². The molecule has 1 aromatic carbocycles. The fourth-order valence-corrected chi connectivity index (χ4v) is 3.61. The van der Waals surface area contributed by atoms with E-state index in [0.29, 0.717) is 17.1 Å². The van der Waals surface area contributed by atoms with E-state index in [1.54, 1.807) is 10.6 Å². The highest BCUT2D eigenvalue weighted by molar-refractivity contribution is 5.95. The molecule has 1 aliphatic heterocycles. The van der Waals surface area contributed by atoms with Gasteiger partial charge in [0.2, 0.25) is 0 Å². The number of nitrogens with zero attached hydrogens (tertiary/aromatic N) is 5. The molecule has 0 atom stereocenters. The van der Waals surface area contributed by atoms with Crippen molar-refractivity contribution in [1.82, 2.24) is 24.4 Å². The van der Waals surface area contributed by atoms with Crippen molar-refractivity contribution in [1.29, 1.82) is 0 Å². The van der Waals surface area contributed by atoms with Crippen LogP contribution in [0.4, 0.5) is 10.7 Å². The Balaban J connectivity index is 0.000000754. The Morgan fingerprint density at radius 1 is 1.09 bits per heavy atom. The molecule has 2 fully saturated rings. The molecule has 32 heavy (non-hydrogen) atoms. The van der Waals surface area contributed by atoms with Gasteiger partial charge in [0.25, 0.3) is 11.9 Å². The maximum Gasteiger partial charge on any atom is 0.411 e. The van der Waals surface area contributed by atoms with Gasteiger partial charge in [-0.05, 0) is 38.4 Å². The molecule has 2 N–H and O–H groups in total. The molecule has 5 rings (SSSR count). The number of anilines is 1. The molecule has 1 saturated carbocycles. The second kappa shape index (κ2) is 9.35. The van der Waals surface area contributed by atoms with Gasteiger partial charge in [0.15, 0.2) is 5.65 Å². The first-order valence-electron chi connectivity index (χ1n) is 10.8. The number of carbonyl (C=O) groups excluding carboxylic acids is 1. The smallest absolute Gasteiger partial charge is 0.411 e. The number of carboxylic acid groups (broad SMARTS) is 1. The number of pyridine rings is 1. The highest BCUT2D eigenvalue weighted by atomic mass is 16.4. The number of carbonyl (C=O) groups is 2. The van der Waals surface area contributed by atoms with Crippen LogP contribution in [0.1, 0.15) is 29.6 Å². The van der Waals surface area contributed by atoms with Gasteiger partial charge in [0.1, 0.15) is 0 Å². The van der Waals surface area contributed by atoms with Crippen LogP contribution in [-0.2, 0) is 0 Å². The highest BCUT2D eigenvalue weighted by Crippen LogP contribution is 2.24. The Bertz CT molecular complexity index is 1100. The third-order valence-corrected chi connectivity index (χ3v) is 5.23. The van der Waals surface area contributed by atoms with Gasteiger partial charge in [0, 0.05) is 36.7 Å². The zero-order chi connectivity index (χ0) is 22.7. The molecular weight excluding hydrogens is 408 g/mol. The first-order valence-corrected chi connectivity index (χ1v) is 10.8. The van der Waals surface area contributed by atoms with E-state index >= 15 is 0 Å². The van der Waals surface area contributed by atoms with Gasteiger partial charge < -0.3 is 14.9 Å². The number of amides is 2. The van der Waals surface area contributed by atoms with Crippen LogP contribution in [-0.4, -0.2) is 75.2 Å². The van der Waals surface area contributed by atoms with E-state index < -0.39 is 6.09 Å². The van der Waals surface area contributed by atoms with Crippen molar-refractivity contribution >= 4 is 23.6 Å². The van der Waals surface area contributed by atoms with Crippen molar-refractivity contribution in [2.75, 3.05) is 39.0 Å². The van der Waals surface area contributed by atoms with Gasteiger partial charge in [0.05, 0.1) is 5.69 Å². The summed E-state index contributed by atoms with van der Waals surface area (Å²) in [6.07, 6.45) is 3.28. The van der Waals surface area contributed by atoms with Gasteiger partial charge in [-0.3, -0.25) is 10.1 Å². The molecule has 0 bridgehead atoms. The van der Waals surface area contributed by atoms with Crippen molar-refractivity contribution in [3.63, 3.8) is 0 Å². The number of hydrogen-bond donors (Lipinski definition) is 2. The number of hydrogen-bond acceptors (Lipinski definition) is 5. The number of benzene rings is 1. The summed E-state index contributed by atoms with van der Waals surface area (Å²) >= 11 is 0. The molecule has 9 nitrogen and oxygen atoms in total. The summed E-state index contributed by atoms with van der Waals surface area (Å²) in [5, 5.41) is 15.2. The number of rotatable bonds is 5. The molecule has 2 aromatic heterocycles. The maximum absolute atomic E-state index is 12.6. The predicted molar refractivity (Wildman–Crippen MR) is 122 cm³/mol. The molecule has 0 unspecified atom stereocenters. The molecule has 168 valence electrons. The van der Waals surface area contributed by atoms with Crippen LogP contribution in [0.15, 0.2) is 42.5 Å². The number of nitrogens with one attached hydrogen (secondary N) is 1. The largest absolute Gasteiger partial charge is 0.465 e. The highest BCUT2D eigenvalue weighted by Gasteiger charge is 2.31. The number of aromatic nitrogens is 3. The minimum atomic E-state index is -1.22. The SMILES string of the molecule is C1CC1.CN(C)CC1CN(C(=O)c2ccc(-c3cccc4nc(NC(=O)O)nn34)cc2)C1. The predicted octanol–water partition coefficient (Wildman–Crippen LogP) is 3.29. The summed E-state index contributed by atoms with van der Waals surface area (Å²) in [7, 11) is 4.08. The third-order valence-electron chi connectivity index (χ3n) is 5.23. The molecule has 0 spiro atoms. The molecule has 1 aliphatic carbocycles. The molecular formula is C23H28N6O3. The standard InChI is InChI=1S/C20H22N6O3.C3H6/c1-24(2)10-13-11-25(12-13)18(27)15-8-6-14(7-9-15)16-4-3-5-17-21-19(22-20(28)29)23-26(16)17;1-2-3-1/h3-9,13H,10-12H2,1-2H3,(H,22,23)(H,28,29);1-3H2. The van der Waals surface area contributed by atoms with Gasteiger partial charge in [-0.25, -0.2) is 9.31 Å². The Hall–Kier alpha value is -3.46. The summed E-state index contributed by atoms with van der Waals surface area (Å²) in [5.74, 6) is 0.590. The lowest BCUT2D eigenvalue weighted by Gasteiger charge is -2.40. The summed E-state index contributed by atoms with van der Waals surface area (Å²) in [5.41, 5.74) is 2.78. The van der Waals surface area contributed by atoms with Gasteiger partial charge in [-0.1, -0.05) is 37.5 Å². The van der Waals surface area contributed by atoms with Crippen LogP contribution in [0.25, 0.3) is 16.9 Å². The second-order valence-corrected chi connectivity index (χ2v) is 8.52. The summed E-state index contributed by atoms with van der Waals surface area (Å²) < 4.78 is 1.57. The van der Waals surface area contributed by atoms with Crippen molar-refractivity contribution in [3.8, 4) is 11.3 Å². The van der Waals surface area contributed by atoms with Crippen LogP contribution >= 0.6 is 0 Å². The van der Waals surface area contributed by atoms with Crippen LogP contribution in [0.3, 0.4) is 0 Å². The topological polar surface area (TPSA) is 103 Å². The molecule has 2 aliphatic rings. The van der Waals surface area contributed by atoms with E-state index in [1.807, 2.05) is 55.4 Å². The number of likely N-dealkylation sites (tertiary alicyclic amines) is 1. The maximum atomic E-state index is 12.6. The molecule has 3 aromatic rings. The summed E-state index contributed by atoms with van der Waals surface area (Å²) in [6, 6.07) is 12.8. The average Bonchev–Trinajstić information content (AvgIpc) is 3.55. The minimum Gasteiger partial charge on any atom is -0.465 e. The van der Waals surface area contributed by atoms with Gasteiger partial charge in [-0.2, -0.15) is 4.98 Å². The lowest BCUT2D eigenvalue weighted by molar-refractivity contribution is 0.0450. The van der Waals surface area contributed by atoms with E-state index in [4.69, 9.17) is 5.11 Å². The van der Waals surface area contributed by atoms with Crippen molar-refractivity contribution < 1.29 is 14.7 Å². The Kier molecular flexibility index (Phi) is 6.36. The summed E-state index contributed by atoms with van der Waals surface area (Å²) in [6.45, 7) is 2.57. The van der Waals surface area contributed by atoms with E-state index in [0.717, 1.165) is 30.9 Å². The molecule has 2 amide bonds. The monoisotopic (exact) mass is 436 g/mol. The average molecular weight is 437 g/mol. The van der Waals surface area contributed by atoms with E-state index in [1.165, 1.54) is 19.3 Å². The van der Waals surface area contributed by atoms with Crippen molar-refractivity contribution in [2.24, 2.45) is 5.92 Å². The van der Waals surface area contributed by atoms with Crippen molar-refractivity contribution in [2.45, 2.75) is 19.3 Å². The molecule has 3 heterocycles. The first kappa shape index (κ1) is 21.8. The first-order chi connectivity index (χ1) is 15.4. The lowest BCUT2D eigenvalue weighted by Crippen LogP contribution is -2.53. The lowest BCUT2D eigenvalue weighted by atomic mass is 9.98. The fraction of sp³-hybridized carbons (Fsp3) is 0.391. The van der Waals surface area contributed by atoms with E-state index in [2.05, 4.69) is 20.3 Å². The molecule has 9 heteroatoms. The van der Waals surface area contributed by atoms with Crippen LogP contribution in [0, 0.1) is 5.92 Å². The Morgan fingerprint density at radius 3 is 2.38 bits per heavy atom. The van der Waals surface area contributed by atoms with Crippen LogP contribution in [0.2, 0.25) is 0 Å².